The van der Waals surface area contributed by atoms with Crippen LogP contribution in [0.2, 0.25) is 0 Å². The molecule has 0 aliphatic carbocycles. The van der Waals surface area contributed by atoms with E-state index in [1.165, 1.54) is 24.3 Å². The van der Waals surface area contributed by atoms with Crippen molar-refractivity contribution in [1.29, 1.82) is 0 Å². The van der Waals surface area contributed by atoms with E-state index in [0.717, 1.165) is 6.07 Å². The maximum atomic E-state index is 13.5. The minimum atomic E-state index is -3.79. The molecule has 0 bridgehead atoms. The maximum Gasteiger partial charge on any atom is 0.241 e. The average molecular weight is 309 g/mol. The predicted molar refractivity (Wildman–Crippen MR) is 78.0 cm³/mol. The number of aryl methyl sites for hydroxylation is 1. The number of hydrogen-bond donors (Lipinski definition) is 2. The minimum absolute atomic E-state index is 0.0399. The molecule has 0 amide bonds. The van der Waals surface area contributed by atoms with E-state index in [-0.39, 0.29) is 16.5 Å². The molecule has 1 atom stereocenters. The Morgan fingerprint density at radius 3 is 2.52 bits per heavy atom. The van der Waals surface area contributed by atoms with Gasteiger partial charge in [0.2, 0.25) is 10.0 Å². The van der Waals surface area contributed by atoms with Crippen molar-refractivity contribution in [3.8, 4) is 5.75 Å². The third kappa shape index (κ3) is 3.59. The summed E-state index contributed by atoms with van der Waals surface area (Å²) < 4.78 is 40.4. The molecule has 0 radical (unpaired) electrons. The summed E-state index contributed by atoms with van der Waals surface area (Å²) in [6.45, 7) is 3.27. The number of hydrogen-bond acceptors (Lipinski definition) is 3. The first-order chi connectivity index (χ1) is 9.79. The van der Waals surface area contributed by atoms with Crippen LogP contribution in [-0.4, -0.2) is 13.5 Å². The molecule has 2 aromatic carbocycles. The lowest BCUT2D eigenvalue weighted by Gasteiger charge is -2.15. The van der Waals surface area contributed by atoms with Gasteiger partial charge in [0.15, 0.2) is 0 Å². The Kier molecular flexibility index (Phi) is 4.29. The number of halogens is 1. The summed E-state index contributed by atoms with van der Waals surface area (Å²) in [7, 11) is -3.79. The average Bonchev–Trinajstić information content (AvgIpc) is 2.41. The number of nitrogens with one attached hydrogen (secondary N) is 1. The summed E-state index contributed by atoms with van der Waals surface area (Å²) in [4.78, 5) is -0.0399. The van der Waals surface area contributed by atoms with Gasteiger partial charge in [-0.15, -0.1) is 0 Å². The molecule has 0 aliphatic heterocycles. The largest absolute Gasteiger partial charge is 0.508 e. The Labute approximate surface area is 123 Å². The van der Waals surface area contributed by atoms with Crippen molar-refractivity contribution in [2.45, 2.75) is 24.8 Å². The van der Waals surface area contributed by atoms with Crippen molar-refractivity contribution in [1.82, 2.24) is 4.72 Å². The molecular formula is C15H16FNO3S. The smallest absolute Gasteiger partial charge is 0.241 e. The van der Waals surface area contributed by atoms with Crippen molar-refractivity contribution in [2.24, 2.45) is 0 Å². The van der Waals surface area contributed by atoms with Gasteiger partial charge < -0.3 is 5.11 Å². The molecule has 2 rings (SSSR count). The molecule has 6 heteroatoms. The van der Waals surface area contributed by atoms with Crippen LogP contribution in [0.5, 0.6) is 5.75 Å². The summed E-state index contributed by atoms with van der Waals surface area (Å²) in [6.07, 6.45) is 0. The molecule has 21 heavy (non-hydrogen) atoms. The first kappa shape index (κ1) is 15.5. The maximum absolute atomic E-state index is 13.5. The molecule has 2 aromatic rings. The van der Waals surface area contributed by atoms with E-state index in [4.69, 9.17) is 0 Å². The number of phenols is 1. The van der Waals surface area contributed by atoms with Crippen LogP contribution in [0.15, 0.2) is 47.4 Å². The van der Waals surface area contributed by atoms with E-state index in [1.807, 2.05) is 0 Å². The van der Waals surface area contributed by atoms with Crippen molar-refractivity contribution in [2.75, 3.05) is 0 Å². The monoisotopic (exact) mass is 309 g/mol. The van der Waals surface area contributed by atoms with Gasteiger partial charge in [0.05, 0.1) is 4.90 Å². The Morgan fingerprint density at radius 2 is 1.90 bits per heavy atom. The molecule has 1 unspecified atom stereocenters. The predicted octanol–water partition coefficient (Wildman–Crippen LogP) is 2.88. The quantitative estimate of drug-likeness (QED) is 0.912. The van der Waals surface area contributed by atoms with Gasteiger partial charge in [-0.2, -0.15) is 0 Å². The molecule has 0 aromatic heterocycles. The normalized spacial score (nSPS) is 13.1. The van der Waals surface area contributed by atoms with Gasteiger partial charge >= 0.3 is 0 Å². The summed E-state index contributed by atoms with van der Waals surface area (Å²) in [5.74, 6) is -0.511. The fourth-order valence-electron chi connectivity index (χ4n) is 1.90. The van der Waals surface area contributed by atoms with Gasteiger partial charge in [-0.1, -0.05) is 18.2 Å². The second kappa shape index (κ2) is 5.83. The van der Waals surface area contributed by atoms with Crippen LogP contribution in [0, 0.1) is 12.7 Å². The highest BCUT2D eigenvalue weighted by Gasteiger charge is 2.19. The number of sulfonamides is 1. The third-order valence-corrected chi connectivity index (χ3v) is 4.69. The summed E-state index contributed by atoms with van der Waals surface area (Å²) in [6, 6.07) is 9.36. The fourth-order valence-corrected chi connectivity index (χ4v) is 3.17. The highest BCUT2D eigenvalue weighted by atomic mass is 32.2. The van der Waals surface area contributed by atoms with E-state index in [9.17, 15) is 17.9 Å². The van der Waals surface area contributed by atoms with Gasteiger partial charge in [-0.3, -0.25) is 0 Å². The number of rotatable bonds is 4. The van der Waals surface area contributed by atoms with Crippen LogP contribution >= 0.6 is 0 Å². The first-order valence-electron chi connectivity index (χ1n) is 6.37. The molecule has 0 saturated heterocycles. The highest BCUT2D eigenvalue weighted by Crippen LogP contribution is 2.21. The second-order valence-corrected chi connectivity index (χ2v) is 6.56. The molecule has 112 valence electrons. The Bertz CT molecular complexity index is 759. The van der Waals surface area contributed by atoms with Crippen LogP contribution in [-0.2, 0) is 10.0 Å². The van der Waals surface area contributed by atoms with Crippen molar-refractivity contribution in [3.05, 3.63) is 59.4 Å². The van der Waals surface area contributed by atoms with E-state index in [1.54, 1.807) is 26.0 Å². The van der Waals surface area contributed by atoms with E-state index in [2.05, 4.69) is 4.72 Å². The lowest BCUT2D eigenvalue weighted by molar-refractivity contribution is 0.473. The zero-order chi connectivity index (χ0) is 15.6. The van der Waals surface area contributed by atoms with E-state index < -0.39 is 16.1 Å². The van der Waals surface area contributed by atoms with Crippen LogP contribution in [0.4, 0.5) is 4.39 Å². The summed E-state index contributed by atoms with van der Waals surface area (Å²) in [5, 5.41) is 9.35. The minimum Gasteiger partial charge on any atom is -0.508 e. The standard InChI is InChI=1S/C15H16FNO3S/c1-10-6-7-12(8-15(10)16)11(2)17-21(19,20)14-5-3-4-13(18)9-14/h3-9,11,17-18H,1-2H3. The van der Waals surface area contributed by atoms with Crippen LogP contribution in [0.25, 0.3) is 0 Å². The molecule has 0 spiro atoms. The van der Waals surface area contributed by atoms with Gasteiger partial charge in [0, 0.05) is 6.04 Å². The van der Waals surface area contributed by atoms with Crippen LogP contribution in [0.3, 0.4) is 0 Å². The number of phenolic OH excluding ortho intramolecular Hbond substituents is 1. The van der Waals surface area contributed by atoms with Gasteiger partial charge in [-0.25, -0.2) is 17.5 Å². The van der Waals surface area contributed by atoms with Crippen molar-refractivity contribution >= 4 is 10.0 Å². The van der Waals surface area contributed by atoms with Crippen molar-refractivity contribution < 1.29 is 17.9 Å². The fraction of sp³-hybridized carbons (Fsp3) is 0.200. The Balaban J connectivity index is 2.25. The van der Waals surface area contributed by atoms with E-state index >= 15 is 0 Å². The molecular weight excluding hydrogens is 293 g/mol. The van der Waals surface area contributed by atoms with Crippen LogP contribution < -0.4 is 4.72 Å². The molecule has 0 heterocycles. The molecule has 4 nitrogen and oxygen atoms in total. The number of benzene rings is 2. The molecule has 2 N–H and O–H groups in total. The van der Waals surface area contributed by atoms with Crippen molar-refractivity contribution in [3.63, 3.8) is 0 Å². The second-order valence-electron chi connectivity index (χ2n) is 4.85. The van der Waals surface area contributed by atoms with Crippen LogP contribution in [0.1, 0.15) is 24.1 Å². The van der Waals surface area contributed by atoms with E-state index in [0.29, 0.717) is 11.1 Å². The summed E-state index contributed by atoms with van der Waals surface area (Å²) >= 11 is 0. The zero-order valence-corrected chi connectivity index (χ0v) is 12.5. The first-order valence-corrected chi connectivity index (χ1v) is 7.85. The lowest BCUT2D eigenvalue weighted by Crippen LogP contribution is -2.27. The molecule has 0 saturated carbocycles. The zero-order valence-electron chi connectivity index (χ0n) is 11.7. The Hall–Kier alpha value is -1.92. The van der Waals surface area contributed by atoms with Gasteiger partial charge in [0.1, 0.15) is 11.6 Å². The summed E-state index contributed by atoms with van der Waals surface area (Å²) in [5.41, 5.74) is 1.03. The lowest BCUT2D eigenvalue weighted by atomic mass is 10.1. The third-order valence-electron chi connectivity index (χ3n) is 3.16. The van der Waals surface area contributed by atoms with Gasteiger partial charge in [-0.05, 0) is 49.2 Å². The Morgan fingerprint density at radius 1 is 1.19 bits per heavy atom. The molecule has 0 aliphatic rings. The SMILES string of the molecule is Cc1ccc(C(C)NS(=O)(=O)c2cccc(O)c2)cc1F. The number of aromatic hydroxyl groups is 1. The molecule has 0 fully saturated rings. The topological polar surface area (TPSA) is 66.4 Å². The van der Waals surface area contributed by atoms with Gasteiger partial charge in [0.25, 0.3) is 0 Å². The highest BCUT2D eigenvalue weighted by molar-refractivity contribution is 7.89.